The SMILES string of the molecule is O=c1[nH]c(-c2cn[nH]c2)nc(C(F)(F)F)c1Oc1ccc(Cl)c(Cl)c1. The van der Waals surface area contributed by atoms with E-state index >= 15 is 0 Å². The molecular weight excluding hydrogens is 384 g/mol. The maximum absolute atomic E-state index is 13.3. The van der Waals surface area contributed by atoms with Crippen LogP contribution in [0, 0.1) is 0 Å². The molecule has 3 aromatic rings. The summed E-state index contributed by atoms with van der Waals surface area (Å²) in [5.41, 5.74) is -2.40. The Bertz CT molecular complexity index is 971. The number of alkyl halides is 3. The molecule has 0 amide bonds. The zero-order valence-electron chi connectivity index (χ0n) is 12.0. The molecule has 3 rings (SSSR count). The standard InChI is InChI=1S/C14H7Cl2F3N4O2/c15-8-2-1-7(3-9(8)16)25-10-11(14(17,18)19)22-12(23-13(10)24)6-4-20-21-5-6/h1-5H,(H,20,21)(H,22,23,24). The molecule has 0 bridgehead atoms. The maximum atomic E-state index is 13.3. The fourth-order valence-corrected chi connectivity index (χ4v) is 2.21. The van der Waals surface area contributed by atoms with Crippen LogP contribution in [0.3, 0.4) is 0 Å². The van der Waals surface area contributed by atoms with Crippen LogP contribution in [0.4, 0.5) is 13.2 Å². The van der Waals surface area contributed by atoms with Crippen molar-refractivity contribution >= 4 is 23.2 Å². The Kier molecular flexibility index (Phi) is 4.44. The second-order valence-corrected chi connectivity index (χ2v) is 5.57. The van der Waals surface area contributed by atoms with Gasteiger partial charge in [0.2, 0.25) is 5.75 Å². The molecule has 2 N–H and O–H groups in total. The van der Waals surface area contributed by atoms with Crippen LogP contribution in [-0.2, 0) is 6.18 Å². The lowest BCUT2D eigenvalue weighted by Crippen LogP contribution is -2.20. The van der Waals surface area contributed by atoms with Crippen molar-refractivity contribution in [2.24, 2.45) is 0 Å². The topological polar surface area (TPSA) is 83.7 Å². The first-order chi connectivity index (χ1) is 11.8. The zero-order chi connectivity index (χ0) is 18.2. The summed E-state index contributed by atoms with van der Waals surface area (Å²) in [7, 11) is 0. The number of halogens is 5. The number of H-pyrrole nitrogens is 2. The number of aromatic nitrogens is 4. The molecule has 0 aliphatic carbocycles. The van der Waals surface area contributed by atoms with E-state index in [1.54, 1.807) is 0 Å². The van der Waals surface area contributed by atoms with Crippen molar-refractivity contribution in [1.82, 2.24) is 20.2 Å². The minimum absolute atomic E-state index is 0.0622. The molecule has 0 aliphatic rings. The van der Waals surface area contributed by atoms with E-state index in [4.69, 9.17) is 27.9 Å². The molecule has 1 aromatic carbocycles. The molecule has 0 saturated heterocycles. The van der Waals surface area contributed by atoms with Gasteiger partial charge in [-0.25, -0.2) is 4.98 Å². The molecule has 0 spiro atoms. The highest BCUT2D eigenvalue weighted by Gasteiger charge is 2.39. The van der Waals surface area contributed by atoms with Crippen molar-refractivity contribution in [3.05, 3.63) is 56.7 Å². The molecule has 0 saturated carbocycles. The minimum Gasteiger partial charge on any atom is -0.449 e. The fraction of sp³-hybridized carbons (Fsp3) is 0.0714. The molecule has 2 heterocycles. The fourth-order valence-electron chi connectivity index (χ4n) is 1.92. The van der Waals surface area contributed by atoms with Crippen LogP contribution in [0.25, 0.3) is 11.4 Å². The molecule has 6 nitrogen and oxygen atoms in total. The Morgan fingerprint density at radius 2 is 1.92 bits per heavy atom. The van der Waals surface area contributed by atoms with E-state index in [1.807, 2.05) is 0 Å². The molecule has 0 unspecified atom stereocenters. The molecular formula is C14H7Cl2F3N4O2. The van der Waals surface area contributed by atoms with E-state index in [-0.39, 0.29) is 27.2 Å². The van der Waals surface area contributed by atoms with Crippen molar-refractivity contribution in [1.29, 1.82) is 0 Å². The van der Waals surface area contributed by atoms with Gasteiger partial charge in [0.25, 0.3) is 5.56 Å². The molecule has 11 heteroatoms. The van der Waals surface area contributed by atoms with Gasteiger partial charge in [0.05, 0.1) is 21.8 Å². The quantitative estimate of drug-likeness (QED) is 0.698. The Morgan fingerprint density at radius 1 is 1.16 bits per heavy atom. The Labute approximate surface area is 147 Å². The summed E-state index contributed by atoms with van der Waals surface area (Å²) in [5, 5.41) is 6.27. The Balaban J connectivity index is 2.12. The largest absolute Gasteiger partial charge is 0.449 e. The van der Waals surface area contributed by atoms with Crippen LogP contribution in [0.1, 0.15) is 5.69 Å². The molecule has 2 aromatic heterocycles. The summed E-state index contributed by atoms with van der Waals surface area (Å²) in [5.74, 6) is -1.39. The predicted octanol–water partition coefficient (Wildman–Crippen LogP) is 4.28. The van der Waals surface area contributed by atoms with E-state index in [0.717, 1.165) is 0 Å². The van der Waals surface area contributed by atoms with Crippen molar-refractivity contribution in [3.8, 4) is 22.9 Å². The summed E-state index contributed by atoms with van der Waals surface area (Å²) < 4.78 is 45.1. The van der Waals surface area contributed by atoms with Gasteiger partial charge in [0.1, 0.15) is 11.6 Å². The molecule has 130 valence electrons. The lowest BCUT2D eigenvalue weighted by Gasteiger charge is -2.13. The monoisotopic (exact) mass is 390 g/mol. The normalized spacial score (nSPS) is 11.6. The summed E-state index contributed by atoms with van der Waals surface area (Å²) >= 11 is 11.5. The average molecular weight is 391 g/mol. The maximum Gasteiger partial charge on any atom is 0.437 e. The van der Waals surface area contributed by atoms with Crippen LogP contribution in [0.5, 0.6) is 11.5 Å². The average Bonchev–Trinajstić information content (AvgIpc) is 3.06. The predicted molar refractivity (Wildman–Crippen MR) is 84.0 cm³/mol. The van der Waals surface area contributed by atoms with Gasteiger partial charge in [0, 0.05) is 12.3 Å². The highest BCUT2D eigenvalue weighted by atomic mass is 35.5. The van der Waals surface area contributed by atoms with Gasteiger partial charge < -0.3 is 9.72 Å². The minimum atomic E-state index is -4.92. The van der Waals surface area contributed by atoms with Crippen LogP contribution in [-0.4, -0.2) is 20.2 Å². The third kappa shape index (κ3) is 3.62. The highest BCUT2D eigenvalue weighted by Crippen LogP contribution is 2.36. The summed E-state index contributed by atoms with van der Waals surface area (Å²) in [6.07, 6.45) is -2.41. The van der Waals surface area contributed by atoms with Gasteiger partial charge in [-0.3, -0.25) is 9.89 Å². The summed E-state index contributed by atoms with van der Waals surface area (Å²) in [6.45, 7) is 0. The smallest absolute Gasteiger partial charge is 0.437 e. The van der Waals surface area contributed by atoms with E-state index < -0.39 is 23.2 Å². The second kappa shape index (κ2) is 6.41. The van der Waals surface area contributed by atoms with Crippen molar-refractivity contribution in [2.45, 2.75) is 6.18 Å². The molecule has 25 heavy (non-hydrogen) atoms. The van der Waals surface area contributed by atoms with E-state index in [9.17, 15) is 18.0 Å². The lowest BCUT2D eigenvalue weighted by atomic mass is 10.3. The Hall–Kier alpha value is -2.52. The third-order valence-electron chi connectivity index (χ3n) is 3.03. The first-order valence-corrected chi connectivity index (χ1v) is 7.35. The molecule has 0 aliphatic heterocycles. The van der Waals surface area contributed by atoms with Gasteiger partial charge in [-0.2, -0.15) is 18.3 Å². The number of nitrogens with one attached hydrogen (secondary N) is 2. The molecule has 0 radical (unpaired) electrons. The van der Waals surface area contributed by atoms with E-state index in [2.05, 4.69) is 20.2 Å². The van der Waals surface area contributed by atoms with Crippen LogP contribution < -0.4 is 10.3 Å². The van der Waals surface area contributed by atoms with E-state index in [1.165, 1.54) is 30.6 Å². The summed E-state index contributed by atoms with van der Waals surface area (Å²) in [6, 6.07) is 3.79. The number of nitrogens with zero attached hydrogens (tertiary/aromatic N) is 2. The first-order valence-electron chi connectivity index (χ1n) is 6.59. The van der Waals surface area contributed by atoms with Gasteiger partial charge in [-0.15, -0.1) is 0 Å². The number of ether oxygens (including phenoxy) is 1. The van der Waals surface area contributed by atoms with Crippen LogP contribution in [0.2, 0.25) is 10.0 Å². The van der Waals surface area contributed by atoms with Crippen molar-refractivity contribution in [3.63, 3.8) is 0 Å². The third-order valence-corrected chi connectivity index (χ3v) is 3.77. The van der Waals surface area contributed by atoms with Crippen LogP contribution >= 0.6 is 23.2 Å². The number of rotatable bonds is 3. The van der Waals surface area contributed by atoms with Gasteiger partial charge >= 0.3 is 6.18 Å². The van der Waals surface area contributed by atoms with E-state index in [0.29, 0.717) is 0 Å². The number of hydrogen-bond donors (Lipinski definition) is 2. The van der Waals surface area contributed by atoms with Crippen LogP contribution in [0.15, 0.2) is 35.4 Å². The lowest BCUT2D eigenvalue weighted by molar-refractivity contribution is -0.142. The van der Waals surface area contributed by atoms with Gasteiger partial charge in [0.15, 0.2) is 5.69 Å². The second-order valence-electron chi connectivity index (χ2n) is 4.75. The Morgan fingerprint density at radius 3 is 2.52 bits per heavy atom. The number of aromatic amines is 2. The number of hydrogen-bond acceptors (Lipinski definition) is 4. The number of benzene rings is 1. The zero-order valence-corrected chi connectivity index (χ0v) is 13.5. The van der Waals surface area contributed by atoms with Gasteiger partial charge in [-0.1, -0.05) is 23.2 Å². The first kappa shape index (κ1) is 17.3. The van der Waals surface area contributed by atoms with Crippen molar-refractivity contribution < 1.29 is 17.9 Å². The molecule has 0 fully saturated rings. The van der Waals surface area contributed by atoms with Gasteiger partial charge in [-0.05, 0) is 12.1 Å². The summed E-state index contributed by atoms with van der Waals surface area (Å²) in [4.78, 5) is 17.8. The molecule has 0 atom stereocenters. The van der Waals surface area contributed by atoms with Crippen molar-refractivity contribution in [2.75, 3.05) is 0 Å². The highest BCUT2D eigenvalue weighted by molar-refractivity contribution is 6.42.